The Morgan fingerprint density at radius 2 is 1.87 bits per heavy atom. The number of halogens is 2. The van der Waals surface area contributed by atoms with Crippen LogP contribution in [0, 0.1) is 0 Å². The van der Waals surface area contributed by atoms with Gasteiger partial charge in [0.2, 0.25) is 5.95 Å². The molecule has 0 atom stereocenters. The molecule has 0 amide bonds. The van der Waals surface area contributed by atoms with Crippen molar-refractivity contribution in [3.8, 4) is 11.3 Å². The van der Waals surface area contributed by atoms with Crippen LogP contribution in [-0.4, -0.2) is 27.0 Å². The van der Waals surface area contributed by atoms with E-state index >= 15 is 0 Å². The van der Waals surface area contributed by atoms with Gasteiger partial charge in [0.25, 0.3) is 6.43 Å². The smallest absolute Gasteiger partial charge is 0.280 e. The lowest BCUT2D eigenvalue weighted by Gasteiger charge is -2.26. The van der Waals surface area contributed by atoms with Crippen molar-refractivity contribution in [2.75, 3.05) is 5.32 Å². The molecule has 0 unspecified atom stereocenters. The topological polar surface area (TPSA) is 76.7 Å². The van der Waals surface area contributed by atoms with Crippen LogP contribution in [0.4, 0.5) is 14.7 Å². The standard InChI is InChI=1S/C16H19F2N5/c17-15(18)14-6-1-10(9-21-14)13-7-8-20-16(23-13)22-12-4-2-11(19)3-5-12/h1,6-9,11-12,15H,2-5,19H2,(H,20,22,23). The van der Waals surface area contributed by atoms with Gasteiger partial charge in [0.1, 0.15) is 5.69 Å². The van der Waals surface area contributed by atoms with Gasteiger partial charge in [0, 0.05) is 30.0 Å². The van der Waals surface area contributed by atoms with Crippen LogP contribution in [0.3, 0.4) is 0 Å². The zero-order valence-electron chi connectivity index (χ0n) is 12.6. The molecule has 7 heteroatoms. The van der Waals surface area contributed by atoms with Gasteiger partial charge in [0.15, 0.2) is 0 Å². The van der Waals surface area contributed by atoms with Crippen LogP contribution < -0.4 is 11.1 Å². The second-order valence-corrected chi connectivity index (χ2v) is 5.79. The highest BCUT2D eigenvalue weighted by atomic mass is 19.3. The highest BCUT2D eigenvalue weighted by Crippen LogP contribution is 2.23. The molecule has 0 aromatic carbocycles. The lowest BCUT2D eigenvalue weighted by molar-refractivity contribution is 0.146. The first-order chi connectivity index (χ1) is 11.1. The van der Waals surface area contributed by atoms with E-state index in [4.69, 9.17) is 5.73 Å². The van der Waals surface area contributed by atoms with Gasteiger partial charge in [-0.3, -0.25) is 4.98 Å². The summed E-state index contributed by atoms with van der Waals surface area (Å²) in [5.74, 6) is 0.543. The van der Waals surface area contributed by atoms with Gasteiger partial charge in [-0.25, -0.2) is 18.7 Å². The Balaban J connectivity index is 1.72. The number of anilines is 1. The molecular formula is C16H19F2N5. The highest BCUT2D eigenvalue weighted by molar-refractivity contribution is 5.58. The van der Waals surface area contributed by atoms with Crippen molar-refractivity contribution in [3.63, 3.8) is 0 Å². The number of hydrogen-bond donors (Lipinski definition) is 2. The first-order valence-electron chi connectivity index (χ1n) is 7.71. The minimum Gasteiger partial charge on any atom is -0.351 e. The van der Waals surface area contributed by atoms with E-state index in [1.165, 1.54) is 12.3 Å². The average Bonchev–Trinajstić information content (AvgIpc) is 2.57. The van der Waals surface area contributed by atoms with E-state index in [-0.39, 0.29) is 5.69 Å². The van der Waals surface area contributed by atoms with Crippen molar-refractivity contribution in [1.29, 1.82) is 0 Å². The number of pyridine rings is 1. The number of aromatic nitrogens is 3. The zero-order valence-corrected chi connectivity index (χ0v) is 12.6. The third-order valence-corrected chi connectivity index (χ3v) is 4.07. The fourth-order valence-corrected chi connectivity index (χ4v) is 2.72. The molecule has 1 aliphatic rings. The molecule has 0 bridgehead atoms. The van der Waals surface area contributed by atoms with Crippen LogP contribution in [0.1, 0.15) is 37.8 Å². The summed E-state index contributed by atoms with van der Waals surface area (Å²) in [7, 11) is 0. The van der Waals surface area contributed by atoms with Crippen molar-refractivity contribution in [2.45, 2.75) is 44.2 Å². The summed E-state index contributed by atoms with van der Waals surface area (Å²) in [6.07, 6.45) is 4.49. The molecule has 0 radical (unpaired) electrons. The molecular weight excluding hydrogens is 300 g/mol. The molecule has 2 aromatic rings. The third-order valence-electron chi connectivity index (χ3n) is 4.07. The van der Waals surface area contributed by atoms with Gasteiger partial charge in [-0.15, -0.1) is 0 Å². The molecule has 3 N–H and O–H groups in total. The van der Waals surface area contributed by atoms with Gasteiger partial charge in [-0.05, 0) is 43.9 Å². The SMILES string of the molecule is NC1CCC(Nc2nccc(-c3ccc(C(F)F)nc3)n2)CC1. The lowest BCUT2D eigenvalue weighted by atomic mass is 9.92. The van der Waals surface area contributed by atoms with Gasteiger partial charge >= 0.3 is 0 Å². The Bertz CT molecular complexity index is 639. The Kier molecular flexibility index (Phi) is 4.76. The molecule has 2 aromatic heterocycles. The number of nitrogens with one attached hydrogen (secondary N) is 1. The third kappa shape index (κ3) is 3.98. The first kappa shape index (κ1) is 15.7. The van der Waals surface area contributed by atoms with E-state index in [2.05, 4.69) is 20.3 Å². The number of hydrogen-bond acceptors (Lipinski definition) is 5. The van der Waals surface area contributed by atoms with Crippen LogP contribution in [0.25, 0.3) is 11.3 Å². The van der Waals surface area contributed by atoms with Crippen LogP contribution >= 0.6 is 0 Å². The lowest BCUT2D eigenvalue weighted by Crippen LogP contribution is -2.33. The normalized spacial score (nSPS) is 21.4. The second-order valence-electron chi connectivity index (χ2n) is 5.79. The zero-order chi connectivity index (χ0) is 16.2. The van der Waals surface area contributed by atoms with Gasteiger partial charge < -0.3 is 11.1 Å². The Hall–Kier alpha value is -2.15. The predicted molar refractivity (Wildman–Crippen MR) is 84.1 cm³/mol. The quantitative estimate of drug-likeness (QED) is 0.905. The molecule has 1 saturated carbocycles. The number of nitrogens with zero attached hydrogens (tertiary/aromatic N) is 3. The second kappa shape index (κ2) is 6.95. The van der Waals surface area contributed by atoms with Crippen molar-refractivity contribution in [3.05, 3.63) is 36.3 Å². The average molecular weight is 319 g/mol. The number of alkyl halides is 2. The van der Waals surface area contributed by atoms with Gasteiger partial charge in [-0.1, -0.05) is 0 Å². The Morgan fingerprint density at radius 1 is 1.09 bits per heavy atom. The van der Waals surface area contributed by atoms with Crippen molar-refractivity contribution in [2.24, 2.45) is 5.73 Å². The maximum Gasteiger partial charge on any atom is 0.280 e. The van der Waals surface area contributed by atoms with E-state index in [9.17, 15) is 8.78 Å². The van der Waals surface area contributed by atoms with Crippen molar-refractivity contribution < 1.29 is 8.78 Å². The number of rotatable bonds is 4. The molecule has 23 heavy (non-hydrogen) atoms. The fourth-order valence-electron chi connectivity index (χ4n) is 2.72. The molecule has 0 spiro atoms. The fraction of sp³-hybridized carbons (Fsp3) is 0.438. The minimum atomic E-state index is -2.57. The number of nitrogens with two attached hydrogens (primary N) is 1. The largest absolute Gasteiger partial charge is 0.351 e. The van der Waals surface area contributed by atoms with E-state index in [0.717, 1.165) is 25.7 Å². The molecule has 0 saturated heterocycles. The van der Waals surface area contributed by atoms with Gasteiger partial charge in [0.05, 0.1) is 5.69 Å². The molecule has 3 rings (SSSR count). The van der Waals surface area contributed by atoms with Gasteiger partial charge in [-0.2, -0.15) is 0 Å². The molecule has 5 nitrogen and oxygen atoms in total. The molecule has 2 heterocycles. The van der Waals surface area contributed by atoms with E-state index < -0.39 is 6.43 Å². The van der Waals surface area contributed by atoms with E-state index in [1.807, 2.05) is 0 Å². The van der Waals surface area contributed by atoms with Crippen LogP contribution in [-0.2, 0) is 0 Å². The summed E-state index contributed by atoms with van der Waals surface area (Å²) < 4.78 is 25.1. The van der Waals surface area contributed by atoms with Crippen molar-refractivity contribution in [1.82, 2.24) is 15.0 Å². The molecule has 1 aliphatic carbocycles. The molecule has 0 aliphatic heterocycles. The molecule has 1 fully saturated rings. The van der Waals surface area contributed by atoms with Crippen LogP contribution in [0.2, 0.25) is 0 Å². The summed E-state index contributed by atoms with van der Waals surface area (Å²) in [5.41, 5.74) is 7.01. The summed E-state index contributed by atoms with van der Waals surface area (Å²) in [5, 5.41) is 3.32. The minimum absolute atomic E-state index is 0.236. The first-order valence-corrected chi connectivity index (χ1v) is 7.71. The summed E-state index contributed by atoms with van der Waals surface area (Å²) >= 11 is 0. The monoisotopic (exact) mass is 319 g/mol. The van der Waals surface area contributed by atoms with E-state index in [0.29, 0.717) is 29.3 Å². The summed E-state index contributed by atoms with van der Waals surface area (Å²) in [4.78, 5) is 12.4. The summed E-state index contributed by atoms with van der Waals surface area (Å²) in [6, 6.07) is 5.27. The Labute approximate surface area is 133 Å². The summed E-state index contributed by atoms with van der Waals surface area (Å²) in [6.45, 7) is 0. The van der Waals surface area contributed by atoms with Crippen LogP contribution in [0.5, 0.6) is 0 Å². The van der Waals surface area contributed by atoms with Crippen molar-refractivity contribution >= 4 is 5.95 Å². The van der Waals surface area contributed by atoms with Crippen LogP contribution in [0.15, 0.2) is 30.6 Å². The molecule has 122 valence electrons. The maximum atomic E-state index is 12.5. The predicted octanol–water partition coefficient (Wildman–Crippen LogP) is 3.16. The van der Waals surface area contributed by atoms with E-state index in [1.54, 1.807) is 18.3 Å². The highest BCUT2D eigenvalue weighted by Gasteiger charge is 2.19. The Morgan fingerprint density at radius 3 is 2.52 bits per heavy atom. The maximum absolute atomic E-state index is 12.5.